The Kier molecular flexibility index (Phi) is 5.62. The van der Waals surface area contributed by atoms with Crippen LogP contribution in [0, 0.1) is 6.92 Å². The molecule has 0 aliphatic rings. The molecule has 0 unspecified atom stereocenters. The Balaban J connectivity index is 1.53. The van der Waals surface area contributed by atoms with Gasteiger partial charge in [-0.3, -0.25) is 9.78 Å². The molecule has 0 radical (unpaired) electrons. The number of carbonyl (C=O) groups is 1. The number of nitrogens with one attached hydrogen (secondary N) is 1. The number of nitrogen functional groups attached to an aromatic ring is 1. The van der Waals surface area contributed by atoms with Crippen molar-refractivity contribution in [3.8, 4) is 0 Å². The smallest absolute Gasteiger partial charge is 0.258 e. The van der Waals surface area contributed by atoms with Gasteiger partial charge in [-0.25, -0.2) is 9.97 Å². The number of halogens is 2. The fraction of sp³-hybridized carbons (Fsp3) is 0.0833. The fourth-order valence-electron chi connectivity index (χ4n) is 3.79. The van der Waals surface area contributed by atoms with E-state index < -0.39 is 0 Å². The van der Waals surface area contributed by atoms with Crippen LogP contribution in [0.5, 0.6) is 0 Å². The maximum atomic E-state index is 13.2. The van der Waals surface area contributed by atoms with Crippen molar-refractivity contribution in [3.63, 3.8) is 0 Å². The van der Waals surface area contributed by atoms with E-state index in [1.807, 2.05) is 37.3 Å². The Morgan fingerprint density at radius 3 is 2.73 bits per heavy atom. The number of nitrogens with two attached hydrogens (primary N) is 1. The molecule has 0 saturated carbocycles. The van der Waals surface area contributed by atoms with Gasteiger partial charge in [0.15, 0.2) is 0 Å². The molecule has 0 aliphatic carbocycles. The molecule has 0 aliphatic heterocycles. The Morgan fingerprint density at radius 1 is 1.06 bits per heavy atom. The molecule has 1 amide bonds. The van der Waals surface area contributed by atoms with E-state index in [2.05, 4.69) is 20.3 Å². The van der Waals surface area contributed by atoms with Crippen LogP contribution in [0.15, 0.2) is 54.3 Å². The van der Waals surface area contributed by atoms with Crippen molar-refractivity contribution in [2.75, 3.05) is 11.1 Å². The van der Waals surface area contributed by atoms with Crippen molar-refractivity contribution >= 4 is 72.9 Å². The highest BCUT2D eigenvalue weighted by molar-refractivity contribution is 7.18. The van der Waals surface area contributed by atoms with Gasteiger partial charge in [-0.1, -0.05) is 41.4 Å². The number of carbonyl (C=O) groups excluding carboxylic acids is 1. The van der Waals surface area contributed by atoms with E-state index in [9.17, 15) is 4.79 Å². The second-order valence-corrected chi connectivity index (χ2v) is 9.27. The van der Waals surface area contributed by atoms with Crippen LogP contribution in [0.25, 0.3) is 21.0 Å². The minimum Gasteiger partial charge on any atom is -0.382 e. The number of pyridine rings is 1. The van der Waals surface area contributed by atoms with Gasteiger partial charge in [0.05, 0.1) is 37.2 Å². The summed E-state index contributed by atoms with van der Waals surface area (Å²) in [6.07, 6.45) is 3.69. The quantitative estimate of drug-likeness (QED) is 0.307. The van der Waals surface area contributed by atoms with Crippen molar-refractivity contribution in [3.05, 3.63) is 86.7 Å². The third kappa shape index (κ3) is 3.99. The number of benzene rings is 2. The molecule has 5 rings (SSSR count). The first kappa shape index (κ1) is 21.6. The zero-order valence-electron chi connectivity index (χ0n) is 17.4. The SMILES string of the molecule is Cc1ccc2c(Cc3ccc(Cl)c(Cl)c3)nccc2c1NC(=O)c1csc2c(N)ncnc12. The van der Waals surface area contributed by atoms with Crippen LogP contribution >= 0.6 is 34.5 Å². The highest BCUT2D eigenvalue weighted by Crippen LogP contribution is 2.33. The lowest BCUT2D eigenvalue weighted by atomic mass is 10.00. The third-order valence-corrected chi connectivity index (χ3v) is 7.19. The average molecular weight is 494 g/mol. The fourth-order valence-corrected chi connectivity index (χ4v) is 5.01. The second kappa shape index (κ2) is 8.59. The Bertz CT molecular complexity index is 1550. The van der Waals surface area contributed by atoms with E-state index in [1.54, 1.807) is 17.6 Å². The number of aromatic nitrogens is 3. The normalized spacial score (nSPS) is 11.2. The van der Waals surface area contributed by atoms with Crippen LogP contribution in [0.4, 0.5) is 11.5 Å². The first-order valence-corrected chi connectivity index (χ1v) is 11.7. The Morgan fingerprint density at radius 2 is 1.91 bits per heavy atom. The number of anilines is 2. The summed E-state index contributed by atoms with van der Waals surface area (Å²) in [4.78, 5) is 26.0. The second-order valence-electron chi connectivity index (χ2n) is 7.58. The summed E-state index contributed by atoms with van der Waals surface area (Å²) in [5.74, 6) is 0.112. The summed E-state index contributed by atoms with van der Waals surface area (Å²) in [7, 11) is 0. The first-order chi connectivity index (χ1) is 15.9. The maximum Gasteiger partial charge on any atom is 0.258 e. The van der Waals surface area contributed by atoms with Gasteiger partial charge in [-0.2, -0.15) is 0 Å². The molecule has 3 N–H and O–H groups in total. The lowest BCUT2D eigenvalue weighted by Gasteiger charge is -2.14. The molecule has 33 heavy (non-hydrogen) atoms. The molecular weight excluding hydrogens is 477 g/mol. The van der Waals surface area contributed by atoms with E-state index in [0.29, 0.717) is 38.1 Å². The molecule has 0 fully saturated rings. The van der Waals surface area contributed by atoms with Crippen LogP contribution < -0.4 is 11.1 Å². The standard InChI is InChI=1S/C24H17Cl2N5OS/c1-12-2-4-14-15(6-7-28-19(14)9-13-3-5-17(25)18(26)8-13)20(12)31-24(32)16-10-33-22-21(16)29-11-30-23(22)27/h2-8,10-11H,9H2,1H3,(H,31,32)(H2,27,29,30). The monoisotopic (exact) mass is 493 g/mol. The van der Waals surface area contributed by atoms with Gasteiger partial charge in [0, 0.05) is 28.8 Å². The minimum atomic E-state index is -0.252. The topological polar surface area (TPSA) is 93.8 Å². The predicted octanol–water partition coefficient (Wildman–Crippen LogP) is 6.28. The number of rotatable bonds is 4. The molecule has 164 valence electrons. The van der Waals surface area contributed by atoms with Gasteiger partial charge < -0.3 is 11.1 Å². The minimum absolute atomic E-state index is 0.252. The van der Waals surface area contributed by atoms with Crippen molar-refractivity contribution in [1.29, 1.82) is 0 Å². The Hall–Kier alpha value is -3.26. The highest BCUT2D eigenvalue weighted by Gasteiger charge is 2.18. The number of nitrogens with zero attached hydrogens (tertiary/aromatic N) is 3. The molecule has 3 heterocycles. The van der Waals surface area contributed by atoms with Gasteiger partial charge in [0.2, 0.25) is 0 Å². The largest absolute Gasteiger partial charge is 0.382 e. The van der Waals surface area contributed by atoms with Gasteiger partial charge in [-0.05, 0) is 36.2 Å². The van der Waals surface area contributed by atoms with E-state index in [4.69, 9.17) is 28.9 Å². The van der Waals surface area contributed by atoms with Crippen molar-refractivity contribution in [1.82, 2.24) is 15.0 Å². The van der Waals surface area contributed by atoms with E-state index in [1.165, 1.54) is 17.7 Å². The molecule has 5 aromatic rings. The number of hydrogen-bond acceptors (Lipinski definition) is 6. The number of fused-ring (bicyclic) bond motifs is 2. The van der Waals surface area contributed by atoms with Gasteiger partial charge in [0.1, 0.15) is 12.1 Å². The lowest BCUT2D eigenvalue weighted by molar-refractivity contribution is 0.102. The van der Waals surface area contributed by atoms with Crippen LogP contribution in [-0.4, -0.2) is 20.9 Å². The van der Waals surface area contributed by atoms with Gasteiger partial charge in [0.25, 0.3) is 5.91 Å². The molecule has 0 spiro atoms. The van der Waals surface area contributed by atoms with Crippen LogP contribution in [0.1, 0.15) is 27.2 Å². The summed E-state index contributed by atoms with van der Waals surface area (Å²) in [6, 6.07) is 11.5. The van der Waals surface area contributed by atoms with Crippen LogP contribution in [0.3, 0.4) is 0 Å². The first-order valence-electron chi connectivity index (χ1n) is 10.0. The zero-order valence-corrected chi connectivity index (χ0v) is 19.7. The Labute approximate surface area is 203 Å². The highest BCUT2D eigenvalue weighted by atomic mass is 35.5. The van der Waals surface area contributed by atoms with E-state index in [0.717, 1.165) is 33.3 Å². The molecule has 0 bridgehead atoms. The number of amides is 1. The van der Waals surface area contributed by atoms with Gasteiger partial charge in [-0.15, -0.1) is 11.3 Å². The zero-order chi connectivity index (χ0) is 23.1. The molecule has 3 aromatic heterocycles. The van der Waals surface area contributed by atoms with Crippen molar-refractivity contribution in [2.45, 2.75) is 13.3 Å². The van der Waals surface area contributed by atoms with Crippen molar-refractivity contribution < 1.29 is 4.79 Å². The molecule has 6 nitrogen and oxygen atoms in total. The molecule has 2 aromatic carbocycles. The maximum absolute atomic E-state index is 13.2. The number of thiophene rings is 1. The average Bonchev–Trinajstić information content (AvgIpc) is 3.24. The van der Waals surface area contributed by atoms with Crippen LogP contribution in [-0.2, 0) is 6.42 Å². The molecular formula is C24H17Cl2N5OS. The number of hydrogen-bond donors (Lipinski definition) is 2. The van der Waals surface area contributed by atoms with E-state index >= 15 is 0 Å². The van der Waals surface area contributed by atoms with Crippen molar-refractivity contribution in [2.24, 2.45) is 0 Å². The molecule has 0 saturated heterocycles. The summed E-state index contributed by atoms with van der Waals surface area (Å²) >= 11 is 13.6. The predicted molar refractivity (Wildman–Crippen MR) is 136 cm³/mol. The lowest BCUT2D eigenvalue weighted by Crippen LogP contribution is -2.13. The summed E-state index contributed by atoms with van der Waals surface area (Å²) in [5.41, 5.74) is 10.5. The van der Waals surface area contributed by atoms with Gasteiger partial charge >= 0.3 is 0 Å². The summed E-state index contributed by atoms with van der Waals surface area (Å²) in [5, 5.41) is 7.70. The third-order valence-electron chi connectivity index (χ3n) is 5.46. The summed E-state index contributed by atoms with van der Waals surface area (Å²) < 4.78 is 0.699. The van der Waals surface area contributed by atoms with Crippen LogP contribution in [0.2, 0.25) is 10.0 Å². The summed E-state index contributed by atoms with van der Waals surface area (Å²) in [6.45, 7) is 1.96. The molecule has 9 heteroatoms. The number of aryl methyl sites for hydroxylation is 1. The molecule has 0 atom stereocenters. The van der Waals surface area contributed by atoms with E-state index in [-0.39, 0.29) is 5.91 Å².